The predicted octanol–water partition coefficient (Wildman–Crippen LogP) is 3.63. The van der Waals surface area contributed by atoms with Crippen LogP contribution < -0.4 is 5.32 Å². The number of carboxylic acid groups (broad SMARTS) is 1. The molecule has 0 radical (unpaired) electrons. The summed E-state index contributed by atoms with van der Waals surface area (Å²) < 4.78 is 22.3. The maximum absolute atomic E-state index is 14.8. The quantitative estimate of drug-likeness (QED) is 0.691. The standard InChI is InChI=1S/C25H32FN3O4/c1-4-18-20-19(13-25(14-27-22(20)30)8-10-33-11-9-25)29(28-18)15-24(2,3)12-16-6-5-7-17(21(16)26)23(31)32/h5-7H,4,8-15H2,1-3H3,(H,27,30)(H,31,32). The topological polar surface area (TPSA) is 93.5 Å². The van der Waals surface area contributed by atoms with Crippen molar-refractivity contribution >= 4 is 11.9 Å². The van der Waals surface area contributed by atoms with E-state index in [-0.39, 0.29) is 16.9 Å². The second kappa shape index (κ2) is 8.89. The zero-order chi connectivity index (χ0) is 23.8. The van der Waals surface area contributed by atoms with Crippen molar-refractivity contribution in [3.8, 4) is 0 Å². The third kappa shape index (κ3) is 4.67. The first-order chi connectivity index (χ1) is 15.6. The summed E-state index contributed by atoms with van der Waals surface area (Å²) in [4.78, 5) is 24.4. The SMILES string of the molecule is CCc1nn(CC(C)(C)Cc2cccc(C(=O)O)c2F)c2c1C(=O)NCC1(CCOCC1)C2. The molecule has 1 spiro atoms. The van der Waals surface area contributed by atoms with Crippen LogP contribution in [-0.2, 0) is 30.5 Å². The third-order valence-corrected chi connectivity index (χ3v) is 6.97. The predicted molar refractivity (Wildman–Crippen MR) is 121 cm³/mol. The fourth-order valence-corrected chi connectivity index (χ4v) is 5.16. The Hall–Kier alpha value is -2.74. The minimum atomic E-state index is -1.27. The monoisotopic (exact) mass is 457 g/mol. The molecule has 3 heterocycles. The highest BCUT2D eigenvalue weighted by Crippen LogP contribution is 2.38. The molecule has 2 aliphatic heterocycles. The number of rotatable bonds is 6. The lowest BCUT2D eigenvalue weighted by atomic mass is 9.76. The van der Waals surface area contributed by atoms with Gasteiger partial charge in [0.1, 0.15) is 5.82 Å². The lowest BCUT2D eigenvalue weighted by Gasteiger charge is -2.36. The van der Waals surface area contributed by atoms with Gasteiger partial charge in [-0.25, -0.2) is 9.18 Å². The highest BCUT2D eigenvalue weighted by molar-refractivity contribution is 5.97. The largest absolute Gasteiger partial charge is 0.478 e. The number of benzene rings is 1. The summed E-state index contributed by atoms with van der Waals surface area (Å²) in [6.45, 7) is 8.51. The van der Waals surface area contributed by atoms with Crippen LogP contribution >= 0.6 is 0 Å². The molecule has 33 heavy (non-hydrogen) atoms. The summed E-state index contributed by atoms with van der Waals surface area (Å²) in [6.07, 6.45) is 3.51. The van der Waals surface area contributed by atoms with E-state index in [1.165, 1.54) is 6.07 Å². The lowest BCUT2D eigenvalue weighted by molar-refractivity contribution is 0.0150. The molecule has 2 aliphatic rings. The lowest BCUT2D eigenvalue weighted by Crippen LogP contribution is -2.41. The molecule has 1 amide bonds. The number of aromatic carboxylic acids is 1. The van der Waals surface area contributed by atoms with Crippen LogP contribution in [0.3, 0.4) is 0 Å². The van der Waals surface area contributed by atoms with E-state index in [1.54, 1.807) is 12.1 Å². The van der Waals surface area contributed by atoms with Gasteiger partial charge in [0.25, 0.3) is 5.91 Å². The molecule has 2 N–H and O–H groups in total. The van der Waals surface area contributed by atoms with Crippen molar-refractivity contribution in [3.63, 3.8) is 0 Å². The number of aryl methyl sites for hydroxylation is 1. The van der Waals surface area contributed by atoms with E-state index in [4.69, 9.17) is 9.84 Å². The molecule has 1 aromatic heterocycles. The molecule has 0 aliphatic carbocycles. The van der Waals surface area contributed by atoms with Gasteiger partial charge >= 0.3 is 5.97 Å². The molecule has 0 unspecified atom stereocenters. The maximum atomic E-state index is 14.8. The molecule has 0 saturated carbocycles. The van der Waals surface area contributed by atoms with E-state index in [1.807, 2.05) is 25.5 Å². The Bertz CT molecular complexity index is 1070. The Kier molecular flexibility index (Phi) is 6.31. The molecule has 178 valence electrons. The van der Waals surface area contributed by atoms with E-state index < -0.39 is 17.2 Å². The number of carbonyl (C=O) groups is 2. The Morgan fingerprint density at radius 3 is 2.73 bits per heavy atom. The molecule has 2 aromatic rings. The molecule has 1 fully saturated rings. The van der Waals surface area contributed by atoms with E-state index in [0.717, 1.165) is 30.7 Å². The number of aromatic nitrogens is 2. The van der Waals surface area contributed by atoms with Gasteiger partial charge in [0.05, 0.1) is 22.5 Å². The summed E-state index contributed by atoms with van der Waals surface area (Å²) in [7, 11) is 0. The maximum Gasteiger partial charge on any atom is 0.338 e. The van der Waals surface area contributed by atoms with Crippen molar-refractivity contribution in [2.45, 2.75) is 59.4 Å². The van der Waals surface area contributed by atoms with E-state index in [9.17, 15) is 19.1 Å². The Labute approximate surface area is 193 Å². The first kappa shape index (κ1) is 23.4. The highest BCUT2D eigenvalue weighted by Gasteiger charge is 2.40. The molecule has 1 saturated heterocycles. The first-order valence-corrected chi connectivity index (χ1v) is 11.6. The van der Waals surface area contributed by atoms with Crippen LogP contribution in [0.5, 0.6) is 0 Å². The average Bonchev–Trinajstić information content (AvgIpc) is 3.02. The molecule has 0 bridgehead atoms. The number of nitrogens with zero attached hydrogens (tertiary/aromatic N) is 2. The van der Waals surface area contributed by atoms with Gasteiger partial charge in [-0.2, -0.15) is 5.10 Å². The van der Waals surface area contributed by atoms with E-state index in [0.29, 0.717) is 50.3 Å². The zero-order valence-electron chi connectivity index (χ0n) is 19.5. The van der Waals surface area contributed by atoms with Gasteiger partial charge in [0.2, 0.25) is 0 Å². The van der Waals surface area contributed by atoms with E-state index in [2.05, 4.69) is 5.32 Å². The van der Waals surface area contributed by atoms with Gasteiger partial charge < -0.3 is 15.2 Å². The molecule has 4 rings (SSSR count). The number of nitrogens with one attached hydrogen (secondary N) is 1. The highest BCUT2D eigenvalue weighted by atomic mass is 19.1. The van der Waals surface area contributed by atoms with Crippen molar-refractivity contribution < 1.29 is 23.8 Å². The van der Waals surface area contributed by atoms with Crippen LogP contribution in [0.4, 0.5) is 4.39 Å². The van der Waals surface area contributed by atoms with Crippen LogP contribution in [0.15, 0.2) is 18.2 Å². The number of carboxylic acids is 1. The second-order valence-electron chi connectivity index (χ2n) is 10.2. The normalized spacial score (nSPS) is 18.0. The third-order valence-electron chi connectivity index (χ3n) is 6.97. The van der Waals surface area contributed by atoms with Gasteiger partial charge in [0.15, 0.2) is 0 Å². The Balaban J connectivity index is 1.67. The van der Waals surface area contributed by atoms with E-state index >= 15 is 0 Å². The number of hydrogen-bond donors (Lipinski definition) is 2. The fourth-order valence-electron chi connectivity index (χ4n) is 5.16. The number of ether oxygens (including phenoxy) is 1. The van der Waals surface area contributed by atoms with Crippen LogP contribution in [0.2, 0.25) is 0 Å². The van der Waals surface area contributed by atoms with Crippen molar-refractivity contribution in [2.75, 3.05) is 19.8 Å². The molecule has 7 nitrogen and oxygen atoms in total. The van der Waals surface area contributed by atoms with Crippen molar-refractivity contribution in [1.29, 1.82) is 0 Å². The second-order valence-corrected chi connectivity index (χ2v) is 10.2. The minimum absolute atomic E-state index is 0.0476. The number of halogens is 1. The number of amides is 1. The van der Waals surface area contributed by atoms with Gasteiger partial charge in [0, 0.05) is 26.3 Å². The number of fused-ring (bicyclic) bond motifs is 1. The number of hydrogen-bond acceptors (Lipinski definition) is 4. The summed E-state index contributed by atoms with van der Waals surface area (Å²) in [6, 6.07) is 4.49. The van der Waals surface area contributed by atoms with Crippen LogP contribution in [0.25, 0.3) is 0 Å². The van der Waals surface area contributed by atoms with Crippen molar-refractivity contribution in [2.24, 2.45) is 10.8 Å². The van der Waals surface area contributed by atoms with Gasteiger partial charge in [-0.1, -0.05) is 32.9 Å². The summed E-state index contributed by atoms with van der Waals surface area (Å²) in [5, 5.41) is 17.2. The number of carbonyl (C=O) groups excluding carboxylic acids is 1. The molecular weight excluding hydrogens is 425 g/mol. The Morgan fingerprint density at radius 1 is 1.33 bits per heavy atom. The van der Waals surface area contributed by atoms with Crippen molar-refractivity contribution in [1.82, 2.24) is 15.1 Å². The first-order valence-electron chi connectivity index (χ1n) is 11.6. The molecule has 0 atom stereocenters. The van der Waals surface area contributed by atoms with Gasteiger partial charge in [-0.3, -0.25) is 9.48 Å². The molecule has 8 heteroatoms. The Morgan fingerprint density at radius 2 is 2.06 bits per heavy atom. The van der Waals surface area contributed by atoms with Gasteiger partial charge in [-0.05, 0) is 54.6 Å². The zero-order valence-corrected chi connectivity index (χ0v) is 19.5. The fraction of sp³-hybridized carbons (Fsp3) is 0.560. The smallest absolute Gasteiger partial charge is 0.338 e. The van der Waals surface area contributed by atoms with Gasteiger partial charge in [-0.15, -0.1) is 0 Å². The van der Waals surface area contributed by atoms with Crippen molar-refractivity contribution in [3.05, 3.63) is 52.1 Å². The summed E-state index contributed by atoms with van der Waals surface area (Å²) >= 11 is 0. The molecule has 1 aromatic carbocycles. The molecular formula is C25H32FN3O4. The average molecular weight is 458 g/mol. The van der Waals surface area contributed by atoms with Crippen LogP contribution in [0, 0.1) is 16.6 Å². The summed E-state index contributed by atoms with van der Waals surface area (Å²) in [5.74, 6) is -2.04. The minimum Gasteiger partial charge on any atom is -0.478 e. The summed E-state index contributed by atoms with van der Waals surface area (Å²) in [5.41, 5.74) is 1.98. The van der Waals surface area contributed by atoms with Crippen LogP contribution in [-0.4, -0.2) is 46.5 Å². The van der Waals surface area contributed by atoms with Crippen LogP contribution in [0.1, 0.15) is 71.3 Å².